The summed E-state index contributed by atoms with van der Waals surface area (Å²) in [6.45, 7) is 8.78. The first-order valence-electron chi connectivity index (χ1n) is 12.7. The summed E-state index contributed by atoms with van der Waals surface area (Å²) in [5, 5.41) is 7.66. The second-order valence-electron chi connectivity index (χ2n) is 10.5. The Morgan fingerprint density at radius 2 is 1.65 bits per heavy atom. The van der Waals surface area contributed by atoms with Crippen LogP contribution in [0.5, 0.6) is 0 Å². The first kappa shape index (κ1) is 26.4. The van der Waals surface area contributed by atoms with Gasteiger partial charge in [0.1, 0.15) is 11.1 Å². The van der Waals surface area contributed by atoms with Crippen LogP contribution < -0.4 is 10.6 Å². The number of nitrogens with one attached hydrogen (secondary N) is 2. The molecule has 2 aliphatic carbocycles. The van der Waals surface area contributed by atoms with E-state index in [9.17, 15) is 19.2 Å². The number of fused-ring (bicyclic) bond motifs is 2. The maximum absolute atomic E-state index is 13.3. The molecule has 4 rings (SSSR count). The highest BCUT2D eigenvalue weighted by Gasteiger charge is 2.76. The summed E-state index contributed by atoms with van der Waals surface area (Å²) in [7, 11) is 0. The maximum atomic E-state index is 13.3. The molecule has 37 heavy (non-hydrogen) atoms. The number of esters is 2. The highest BCUT2D eigenvalue weighted by molar-refractivity contribution is 5.99. The first-order chi connectivity index (χ1) is 17.5. The molecule has 198 valence electrons. The Bertz CT molecular complexity index is 1220. The zero-order valence-electron chi connectivity index (χ0n) is 21.8. The van der Waals surface area contributed by atoms with Gasteiger partial charge in [0.05, 0.1) is 19.1 Å². The third-order valence-electron chi connectivity index (χ3n) is 6.90. The van der Waals surface area contributed by atoms with Gasteiger partial charge in [0, 0.05) is 23.9 Å². The van der Waals surface area contributed by atoms with E-state index in [1.807, 2.05) is 30.3 Å². The van der Waals surface area contributed by atoms with Crippen LogP contribution in [-0.4, -0.2) is 54.3 Å². The summed E-state index contributed by atoms with van der Waals surface area (Å²) in [5.74, 6) is -3.13. The number of rotatable bonds is 7. The van der Waals surface area contributed by atoms with Crippen LogP contribution in [0, 0.1) is 17.8 Å². The molecule has 0 aromatic heterocycles. The number of amides is 2. The van der Waals surface area contributed by atoms with Crippen LogP contribution in [0.3, 0.4) is 0 Å². The molecule has 2 saturated carbocycles. The van der Waals surface area contributed by atoms with E-state index in [2.05, 4.69) is 10.6 Å². The fourth-order valence-corrected chi connectivity index (χ4v) is 5.51. The van der Waals surface area contributed by atoms with Crippen LogP contribution >= 0.6 is 0 Å². The highest BCUT2D eigenvalue weighted by atomic mass is 16.6. The summed E-state index contributed by atoms with van der Waals surface area (Å²) in [5.41, 5.74) is -1.88. The predicted molar refractivity (Wildman–Crippen MR) is 136 cm³/mol. The predicted octanol–water partition coefficient (Wildman–Crippen LogP) is 3.59. The van der Waals surface area contributed by atoms with E-state index in [4.69, 9.17) is 14.2 Å². The molecule has 2 fully saturated rings. The quantitative estimate of drug-likeness (QED) is 0.431. The Hall–Kier alpha value is -3.62. The Morgan fingerprint density at radius 1 is 0.973 bits per heavy atom. The van der Waals surface area contributed by atoms with Crippen LogP contribution in [0.2, 0.25) is 0 Å². The van der Waals surface area contributed by atoms with Crippen molar-refractivity contribution in [2.75, 3.05) is 13.2 Å². The van der Waals surface area contributed by atoms with Crippen LogP contribution in [0.25, 0.3) is 10.8 Å². The molecule has 9 nitrogen and oxygen atoms in total. The van der Waals surface area contributed by atoms with Crippen molar-refractivity contribution < 1.29 is 33.4 Å². The number of ether oxygens (including phenoxy) is 3. The molecule has 0 bridgehead atoms. The molecule has 2 aromatic rings. The molecule has 0 radical (unpaired) electrons. The molecule has 0 spiro atoms. The van der Waals surface area contributed by atoms with Gasteiger partial charge in [-0.2, -0.15) is 0 Å². The number of alkyl carbamates (subject to hydrolysis) is 1. The van der Waals surface area contributed by atoms with E-state index in [0.29, 0.717) is 5.56 Å². The van der Waals surface area contributed by atoms with Crippen molar-refractivity contribution >= 4 is 34.7 Å². The van der Waals surface area contributed by atoms with Crippen molar-refractivity contribution in [2.45, 2.75) is 58.2 Å². The molecule has 2 N–H and O–H groups in total. The Labute approximate surface area is 216 Å². The molecule has 0 aliphatic heterocycles. The van der Waals surface area contributed by atoms with Gasteiger partial charge in [0.25, 0.3) is 5.91 Å². The summed E-state index contributed by atoms with van der Waals surface area (Å²) in [6, 6.07) is 12.5. The van der Waals surface area contributed by atoms with Crippen LogP contribution in [0.4, 0.5) is 4.79 Å². The summed E-state index contributed by atoms with van der Waals surface area (Å²) >= 11 is 0. The van der Waals surface area contributed by atoms with Crippen molar-refractivity contribution in [3.05, 3.63) is 48.0 Å². The fraction of sp³-hybridized carbons (Fsp3) is 0.500. The van der Waals surface area contributed by atoms with Crippen LogP contribution in [0.15, 0.2) is 42.5 Å². The van der Waals surface area contributed by atoms with E-state index in [1.54, 1.807) is 46.8 Å². The smallest absolute Gasteiger partial charge is 0.408 e. The van der Waals surface area contributed by atoms with Gasteiger partial charge in [-0.25, -0.2) is 9.59 Å². The maximum Gasteiger partial charge on any atom is 0.408 e. The number of benzene rings is 2. The van der Waals surface area contributed by atoms with Crippen LogP contribution in [-0.2, 0) is 23.8 Å². The second kappa shape index (κ2) is 10.0. The minimum absolute atomic E-state index is 0.0651. The lowest BCUT2D eigenvalue weighted by atomic mass is 9.88. The SMILES string of the molecule is CCOC(=O)C1C2C(NC(=O)c3ccc4ccccc4c3)CC(NC(=O)OC(C)(C)C)(C(=O)OCC)C12. The van der Waals surface area contributed by atoms with Crippen molar-refractivity contribution in [3.8, 4) is 0 Å². The molecule has 0 saturated heterocycles. The van der Waals surface area contributed by atoms with E-state index in [0.717, 1.165) is 10.8 Å². The summed E-state index contributed by atoms with van der Waals surface area (Å²) in [6.07, 6.45) is -0.731. The zero-order valence-corrected chi connectivity index (χ0v) is 21.8. The van der Waals surface area contributed by atoms with Gasteiger partial charge in [-0.15, -0.1) is 0 Å². The topological polar surface area (TPSA) is 120 Å². The van der Waals surface area contributed by atoms with E-state index >= 15 is 0 Å². The van der Waals surface area contributed by atoms with Gasteiger partial charge >= 0.3 is 18.0 Å². The number of hydrogen-bond acceptors (Lipinski definition) is 7. The zero-order chi connectivity index (χ0) is 27.0. The third kappa shape index (κ3) is 5.26. The Balaban J connectivity index is 1.64. The van der Waals surface area contributed by atoms with Crippen molar-refractivity contribution in [1.82, 2.24) is 10.6 Å². The average molecular weight is 511 g/mol. The molecule has 9 heteroatoms. The molecule has 2 amide bonds. The van der Waals surface area contributed by atoms with Crippen molar-refractivity contribution in [2.24, 2.45) is 17.8 Å². The average Bonchev–Trinajstić information content (AvgIpc) is 3.51. The Kier molecular flexibility index (Phi) is 7.17. The van der Waals surface area contributed by atoms with E-state index in [-0.39, 0.29) is 25.5 Å². The van der Waals surface area contributed by atoms with Gasteiger partial charge in [-0.1, -0.05) is 30.3 Å². The number of carbonyl (C=O) groups excluding carboxylic acids is 4. The monoisotopic (exact) mass is 510 g/mol. The Morgan fingerprint density at radius 3 is 2.30 bits per heavy atom. The normalized spacial score (nSPS) is 26.1. The number of hydrogen-bond donors (Lipinski definition) is 2. The van der Waals surface area contributed by atoms with E-state index in [1.165, 1.54) is 0 Å². The van der Waals surface area contributed by atoms with Gasteiger partial charge in [0.2, 0.25) is 0 Å². The number of carbonyl (C=O) groups is 4. The summed E-state index contributed by atoms with van der Waals surface area (Å²) in [4.78, 5) is 52.2. The van der Waals surface area contributed by atoms with Crippen LogP contribution in [0.1, 0.15) is 51.4 Å². The molecular formula is C28H34N2O7. The van der Waals surface area contributed by atoms with Gasteiger partial charge < -0.3 is 24.8 Å². The third-order valence-corrected chi connectivity index (χ3v) is 6.90. The molecule has 0 heterocycles. The lowest BCUT2D eigenvalue weighted by Crippen LogP contribution is -2.59. The lowest BCUT2D eigenvalue weighted by Gasteiger charge is -2.33. The minimum atomic E-state index is -1.54. The molecule has 2 aromatic carbocycles. The highest BCUT2D eigenvalue weighted by Crippen LogP contribution is 2.63. The van der Waals surface area contributed by atoms with Gasteiger partial charge in [-0.3, -0.25) is 9.59 Å². The lowest BCUT2D eigenvalue weighted by molar-refractivity contribution is -0.153. The van der Waals surface area contributed by atoms with Crippen molar-refractivity contribution in [3.63, 3.8) is 0 Å². The second-order valence-corrected chi connectivity index (χ2v) is 10.5. The van der Waals surface area contributed by atoms with Crippen molar-refractivity contribution in [1.29, 1.82) is 0 Å². The molecular weight excluding hydrogens is 476 g/mol. The van der Waals surface area contributed by atoms with E-state index < -0.39 is 53.0 Å². The fourth-order valence-electron chi connectivity index (χ4n) is 5.51. The minimum Gasteiger partial charge on any atom is -0.466 e. The molecule has 2 aliphatic rings. The van der Waals surface area contributed by atoms with Gasteiger partial charge in [0.15, 0.2) is 0 Å². The largest absolute Gasteiger partial charge is 0.466 e. The first-order valence-corrected chi connectivity index (χ1v) is 12.7. The molecule has 5 unspecified atom stereocenters. The summed E-state index contributed by atoms with van der Waals surface area (Å²) < 4.78 is 16.0. The standard InChI is InChI=1S/C28H34N2O7/c1-6-35-24(32)21-20-19(29-23(31)18-13-12-16-10-8-9-11-17(16)14-18)15-28(22(20)21,25(33)36-7-2)30-26(34)37-27(3,4)5/h8-14,19-22H,6-7,15H2,1-5H3,(H,29,31)(H,30,34). The molecule has 5 atom stereocenters. The van der Waals surface area contributed by atoms with Gasteiger partial charge in [-0.05, 0) is 63.4 Å².